The quantitative estimate of drug-likeness (QED) is 0.615. The topological polar surface area (TPSA) is 43.4 Å². The van der Waals surface area contributed by atoms with E-state index in [4.69, 9.17) is 39.0 Å². The van der Waals surface area contributed by atoms with E-state index in [0.29, 0.717) is 22.0 Å². The number of alkyl halides is 1. The van der Waals surface area contributed by atoms with Gasteiger partial charge >= 0.3 is 0 Å². The van der Waals surface area contributed by atoms with E-state index in [-0.39, 0.29) is 5.88 Å². The number of benzene rings is 1. The molecule has 0 amide bonds. The molecule has 1 atom stereocenters. The van der Waals surface area contributed by atoms with Crippen LogP contribution in [0.1, 0.15) is 18.1 Å². The van der Waals surface area contributed by atoms with Crippen LogP contribution in [-0.4, -0.2) is 20.6 Å². The van der Waals surface area contributed by atoms with E-state index in [2.05, 4.69) is 0 Å². The molecule has 17 heavy (non-hydrogen) atoms. The highest BCUT2D eigenvalue weighted by Gasteiger charge is 2.20. The largest absolute Gasteiger partial charge is 0.264 e. The van der Waals surface area contributed by atoms with Crippen molar-refractivity contribution in [2.45, 2.75) is 12.5 Å². The van der Waals surface area contributed by atoms with Crippen molar-refractivity contribution in [3.05, 3.63) is 33.8 Å². The summed E-state index contributed by atoms with van der Waals surface area (Å²) in [5.41, 5.74) is 0.558. The first-order valence-corrected chi connectivity index (χ1v) is 7.83. The van der Waals surface area contributed by atoms with Crippen LogP contribution in [0, 0.1) is 0 Å². The molecule has 0 aliphatic heterocycles. The zero-order chi connectivity index (χ0) is 13.1. The van der Waals surface area contributed by atoms with Crippen LogP contribution in [0.4, 0.5) is 0 Å². The number of rotatable bonds is 5. The number of halogens is 3. The summed E-state index contributed by atoms with van der Waals surface area (Å²) in [6.45, 7) is 0. The molecule has 0 fully saturated rings. The van der Waals surface area contributed by atoms with Crippen molar-refractivity contribution in [1.29, 1.82) is 0 Å². The van der Waals surface area contributed by atoms with Gasteiger partial charge in [0.25, 0.3) is 10.1 Å². The van der Waals surface area contributed by atoms with Gasteiger partial charge in [-0.2, -0.15) is 8.42 Å². The second-order valence-corrected chi connectivity index (χ2v) is 6.25. The van der Waals surface area contributed by atoms with E-state index in [9.17, 15) is 8.42 Å². The standard InChI is InChI=1S/C10H11Cl3O3S/c1-17(14,15)16-10(4-5-11)8-3-2-7(12)6-9(8)13/h2-3,6,10H,4-5H2,1H3. The predicted octanol–water partition coefficient (Wildman–Crippen LogP) is 3.64. The Labute approximate surface area is 116 Å². The maximum atomic E-state index is 11.1. The van der Waals surface area contributed by atoms with Crippen molar-refractivity contribution in [1.82, 2.24) is 0 Å². The van der Waals surface area contributed by atoms with Crippen molar-refractivity contribution in [2.75, 3.05) is 12.1 Å². The van der Waals surface area contributed by atoms with E-state index in [0.717, 1.165) is 6.26 Å². The Morgan fingerprint density at radius 1 is 1.35 bits per heavy atom. The second kappa shape index (κ2) is 6.25. The van der Waals surface area contributed by atoms with Gasteiger partial charge in [-0.25, -0.2) is 0 Å². The predicted molar refractivity (Wildman–Crippen MR) is 70.5 cm³/mol. The molecule has 96 valence electrons. The molecule has 1 aromatic rings. The molecule has 0 bridgehead atoms. The summed E-state index contributed by atoms with van der Waals surface area (Å²) in [6, 6.07) is 4.79. The monoisotopic (exact) mass is 316 g/mol. The third kappa shape index (κ3) is 5.02. The molecule has 1 unspecified atom stereocenters. The van der Waals surface area contributed by atoms with E-state index in [1.807, 2.05) is 0 Å². The van der Waals surface area contributed by atoms with Crippen LogP contribution in [-0.2, 0) is 14.3 Å². The van der Waals surface area contributed by atoms with Crippen LogP contribution in [0.5, 0.6) is 0 Å². The van der Waals surface area contributed by atoms with Crippen LogP contribution in [0.25, 0.3) is 0 Å². The molecular formula is C10H11Cl3O3S. The Morgan fingerprint density at radius 2 is 2.00 bits per heavy atom. The lowest BCUT2D eigenvalue weighted by Crippen LogP contribution is -2.11. The molecular weight excluding hydrogens is 307 g/mol. The van der Waals surface area contributed by atoms with Crippen molar-refractivity contribution in [2.24, 2.45) is 0 Å². The van der Waals surface area contributed by atoms with Gasteiger partial charge in [0.15, 0.2) is 0 Å². The highest BCUT2D eigenvalue weighted by atomic mass is 35.5. The molecule has 0 aliphatic carbocycles. The summed E-state index contributed by atoms with van der Waals surface area (Å²) < 4.78 is 27.2. The SMILES string of the molecule is CS(=O)(=O)OC(CCCl)c1ccc(Cl)cc1Cl. The van der Waals surface area contributed by atoms with E-state index >= 15 is 0 Å². The molecule has 0 aliphatic rings. The minimum absolute atomic E-state index is 0.263. The van der Waals surface area contributed by atoms with Crippen molar-refractivity contribution < 1.29 is 12.6 Å². The maximum Gasteiger partial charge on any atom is 0.264 e. The normalized spacial score (nSPS) is 13.6. The van der Waals surface area contributed by atoms with Gasteiger partial charge in [-0.3, -0.25) is 4.18 Å². The summed E-state index contributed by atoms with van der Waals surface area (Å²) >= 11 is 17.4. The lowest BCUT2D eigenvalue weighted by Gasteiger charge is -2.16. The second-order valence-electron chi connectivity index (χ2n) is 3.43. The van der Waals surface area contributed by atoms with Gasteiger partial charge in [0, 0.05) is 21.5 Å². The molecule has 0 saturated heterocycles. The van der Waals surface area contributed by atoms with Gasteiger partial charge < -0.3 is 0 Å². The van der Waals surface area contributed by atoms with Gasteiger partial charge in [-0.1, -0.05) is 29.3 Å². The van der Waals surface area contributed by atoms with Gasteiger partial charge in [-0.15, -0.1) is 11.6 Å². The highest BCUT2D eigenvalue weighted by molar-refractivity contribution is 7.86. The summed E-state index contributed by atoms with van der Waals surface area (Å²) in [5.74, 6) is 0.263. The Balaban J connectivity index is 3.05. The Hall–Kier alpha value is -0.000000000000000111. The van der Waals surface area contributed by atoms with Gasteiger partial charge in [0.2, 0.25) is 0 Å². The van der Waals surface area contributed by atoms with E-state index in [1.165, 1.54) is 6.07 Å². The zero-order valence-electron chi connectivity index (χ0n) is 8.99. The van der Waals surface area contributed by atoms with E-state index in [1.54, 1.807) is 12.1 Å². The molecule has 0 N–H and O–H groups in total. The van der Waals surface area contributed by atoms with Gasteiger partial charge in [0.1, 0.15) is 6.10 Å². The Bertz CT molecular complexity index is 488. The molecule has 0 aromatic heterocycles. The van der Waals surface area contributed by atoms with Gasteiger partial charge in [0.05, 0.1) is 6.26 Å². The molecule has 0 spiro atoms. The molecule has 1 aromatic carbocycles. The van der Waals surface area contributed by atoms with Crippen molar-refractivity contribution in [3.8, 4) is 0 Å². The molecule has 0 radical (unpaired) electrons. The average molecular weight is 318 g/mol. The van der Waals surface area contributed by atoms with Crippen LogP contribution in [0.15, 0.2) is 18.2 Å². The van der Waals surface area contributed by atoms with Crippen LogP contribution in [0.2, 0.25) is 10.0 Å². The van der Waals surface area contributed by atoms with Crippen LogP contribution >= 0.6 is 34.8 Å². The van der Waals surface area contributed by atoms with Crippen LogP contribution < -0.4 is 0 Å². The number of hydrogen-bond acceptors (Lipinski definition) is 3. The van der Waals surface area contributed by atoms with Crippen molar-refractivity contribution >= 4 is 44.9 Å². The van der Waals surface area contributed by atoms with Crippen molar-refractivity contribution in [3.63, 3.8) is 0 Å². The maximum absolute atomic E-state index is 11.1. The third-order valence-electron chi connectivity index (χ3n) is 1.97. The Morgan fingerprint density at radius 3 is 2.47 bits per heavy atom. The summed E-state index contributed by atoms with van der Waals surface area (Å²) in [7, 11) is -3.57. The molecule has 0 heterocycles. The smallest absolute Gasteiger partial charge is 0.262 e. The molecule has 7 heteroatoms. The summed E-state index contributed by atoms with van der Waals surface area (Å²) in [5, 5.41) is 0.832. The first-order valence-electron chi connectivity index (χ1n) is 4.72. The van der Waals surface area contributed by atoms with Crippen LogP contribution in [0.3, 0.4) is 0 Å². The molecule has 1 rings (SSSR count). The fraction of sp³-hybridized carbons (Fsp3) is 0.400. The highest BCUT2D eigenvalue weighted by Crippen LogP contribution is 2.31. The first kappa shape index (κ1) is 15.1. The van der Waals surface area contributed by atoms with Gasteiger partial charge in [-0.05, 0) is 18.6 Å². The molecule has 3 nitrogen and oxygen atoms in total. The summed E-state index contributed by atoms with van der Waals surface area (Å²) in [6.07, 6.45) is 0.640. The molecule has 0 saturated carbocycles. The van der Waals surface area contributed by atoms with E-state index < -0.39 is 16.2 Å². The number of hydrogen-bond donors (Lipinski definition) is 0. The third-order valence-corrected chi connectivity index (χ3v) is 3.33. The fourth-order valence-electron chi connectivity index (χ4n) is 1.33. The lowest BCUT2D eigenvalue weighted by atomic mass is 10.1. The summed E-state index contributed by atoms with van der Waals surface area (Å²) in [4.78, 5) is 0. The minimum atomic E-state index is -3.57. The lowest BCUT2D eigenvalue weighted by molar-refractivity contribution is 0.212. The fourth-order valence-corrected chi connectivity index (χ4v) is 2.68. The first-order chi connectivity index (χ1) is 7.83. The minimum Gasteiger partial charge on any atom is -0.262 e. The Kier molecular flexibility index (Phi) is 5.54. The zero-order valence-corrected chi connectivity index (χ0v) is 12.1. The average Bonchev–Trinajstić information content (AvgIpc) is 2.14.